The van der Waals surface area contributed by atoms with Crippen LogP contribution >= 0.6 is 0 Å². The number of benzene rings is 1. The SMILES string of the molecule is CCNC(=NCc1c(OC)cc(OC)cc1OC)NCC1(CCO)CCCCC1. The van der Waals surface area contributed by atoms with Crippen molar-refractivity contribution in [1.29, 1.82) is 0 Å². The van der Waals surface area contributed by atoms with Gasteiger partial charge in [-0.1, -0.05) is 19.3 Å². The second kappa shape index (κ2) is 11.8. The number of aliphatic imine (C=N–C) groups is 1. The first-order chi connectivity index (χ1) is 14.1. The molecule has 1 aromatic carbocycles. The molecule has 0 atom stereocenters. The van der Waals surface area contributed by atoms with E-state index in [1.54, 1.807) is 21.3 Å². The first kappa shape index (κ1) is 23.1. The topological polar surface area (TPSA) is 84.3 Å². The molecule has 7 nitrogen and oxygen atoms in total. The minimum Gasteiger partial charge on any atom is -0.496 e. The molecule has 1 aliphatic carbocycles. The Hall–Kier alpha value is -2.15. The molecule has 3 N–H and O–H groups in total. The van der Waals surface area contributed by atoms with E-state index in [0.717, 1.165) is 43.9 Å². The van der Waals surface area contributed by atoms with Crippen molar-refractivity contribution in [3.8, 4) is 17.2 Å². The molecule has 29 heavy (non-hydrogen) atoms. The van der Waals surface area contributed by atoms with Gasteiger partial charge >= 0.3 is 0 Å². The Labute approximate surface area is 174 Å². The molecule has 0 unspecified atom stereocenters. The zero-order chi connectivity index (χ0) is 21.1. The summed E-state index contributed by atoms with van der Waals surface area (Å²) in [6.07, 6.45) is 6.89. The van der Waals surface area contributed by atoms with Crippen LogP contribution in [0.15, 0.2) is 17.1 Å². The highest BCUT2D eigenvalue weighted by Crippen LogP contribution is 2.38. The van der Waals surface area contributed by atoms with Crippen molar-refractivity contribution in [3.63, 3.8) is 0 Å². The molecule has 7 heteroatoms. The number of nitrogens with one attached hydrogen (secondary N) is 2. The van der Waals surface area contributed by atoms with Crippen molar-refractivity contribution in [3.05, 3.63) is 17.7 Å². The predicted molar refractivity (Wildman–Crippen MR) is 116 cm³/mol. The van der Waals surface area contributed by atoms with Gasteiger partial charge in [-0.05, 0) is 31.6 Å². The van der Waals surface area contributed by atoms with Crippen molar-refractivity contribution < 1.29 is 19.3 Å². The maximum Gasteiger partial charge on any atom is 0.191 e. The van der Waals surface area contributed by atoms with Crippen LogP contribution in [0.5, 0.6) is 17.2 Å². The minimum absolute atomic E-state index is 0.151. The van der Waals surface area contributed by atoms with E-state index in [0.29, 0.717) is 23.8 Å². The number of rotatable bonds is 10. The first-order valence-electron chi connectivity index (χ1n) is 10.5. The van der Waals surface area contributed by atoms with Gasteiger partial charge < -0.3 is 30.0 Å². The number of guanidine groups is 1. The molecular formula is C22H37N3O4. The lowest BCUT2D eigenvalue weighted by Crippen LogP contribution is -2.45. The largest absolute Gasteiger partial charge is 0.496 e. The molecule has 0 bridgehead atoms. The van der Waals surface area contributed by atoms with Crippen LogP contribution in [0.3, 0.4) is 0 Å². The van der Waals surface area contributed by atoms with Gasteiger partial charge in [0.1, 0.15) is 17.2 Å². The van der Waals surface area contributed by atoms with E-state index in [4.69, 9.17) is 19.2 Å². The third-order valence-corrected chi connectivity index (χ3v) is 5.74. The number of aliphatic hydroxyl groups is 1. The molecule has 0 radical (unpaired) electrons. The van der Waals surface area contributed by atoms with Crippen LogP contribution < -0.4 is 24.8 Å². The fraction of sp³-hybridized carbons (Fsp3) is 0.682. The van der Waals surface area contributed by atoms with Crippen LogP contribution in [0.25, 0.3) is 0 Å². The second-order valence-electron chi connectivity index (χ2n) is 7.59. The van der Waals surface area contributed by atoms with Gasteiger partial charge in [0.25, 0.3) is 0 Å². The van der Waals surface area contributed by atoms with Gasteiger partial charge in [0.2, 0.25) is 0 Å². The number of aliphatic hydroxyl groups excluding tert-OH is 1. The molecule has 1 aromatic rings. The first-order valence-corrected chi connectivity index (χ1v) is 10.5. The predicted octanol–water partition coefficient (Wildman–Crippen LogP) is 3.10. The molecular weight excluding hydrogens is 370 g/mol. The maximum atomic E-state index is 9.55. The lowest BCUT2D eigenvalue weighted by atomic mass is 9.72. The summed E-state index contributed by atoms with van der Waals surface area (Å²) < 4.78 is 16.4. The Bertz CT molecular complexity index is 627. The Morgan fingerprint density at radius 2 is 1.69 bits per heavy atom. The highest BCUT2D eigenvalue weighted by atomic mass is 16.5. The molecule has 2 rings (SSSR count). The Morgan fingerprint density at radius 1 is 1.03 bits per heavy atom. The smallest absolute Gasteiger partial charge is 0.191 e. The van der Waals surface area contributed by atoms with Crippen LogP contribution in [-0.4, -0.2) is 52.1 Å². The summed E-state index contributed by atoms with van der Waals surface area (Å²) in [5.74, 6) is 2.81. The van der Waals surface area contributed by atoms with Gasteiger partial charge in [0.05, 0.1) is 33.4 Å². The fourth-order valence-electron chi connectivity index (χ4n) is 4.06. The van der Waals surface area contributed by atoms with Crippen LogP contribution in [0.2, 0.25) is 0 Å². The van der Waals surface area contributed by atoms with E-state index < -0.39 is 0 Å². The summed E-state index contributed by atoms with van der Waals surface area (Å²) in [6, 6.07) is 3.68. The Kier molecular flexibility index (Phi) is 9.38. The standard InChI is InChI=1S/C22H37N3O4/c1-5-23-21(25-16-22(11-12-26)9-7-6-8-10-22)24-15-18-19(28-3)13-17(27-2)14-20(18)29-4/h13-14,26H,5-12,15-16H2,1-4H3,(H2,23,24,25). The third kappa shape index (κ3) is 6.42. The van der Waals surface area contributed by atoms with Gasteiger partial charge in [-0.15, -0.1) is 0 Å². The molecule has 0 aliphatic heterocycles. The number of methoxy groups -OCH3 is 3. The van der Waals surface area contributed by atoms with Gasteiger partial charge in [-0.2, -0.15) is 0 Å². The lowest BCUT2D eigenvalue weighted by molar-refractivity contribution is 0.131. The van der Waals surface area contributed by atoms with Crippen LogP contribution in [-0.2, 0) is 6.54 Å². The summed E-state index contributed by atoms with van der Waals surface area (Å²) in [4.78, 5) is 4.76. The van der Waals surface area contributed by atoms with Crippen LogP contribution in [0, 0.1) is 5.41 Å². The minimum atomic E-state index is 0.151. The number of hydrogen-bond acceptors (Lipinski definition) is 5. The van der Waals surface area contributed by atoms with Crippen molar-refractivity contribution in [1.82, 2.24) is 10.6 Å². The van der Waals surface area contributed by atoms with Gasteiger partial charge in [0.15, 0.2) is 5.96 Å². The van der Waals surface area contributed by atoms with E-state index in [2.05, 4.69) is 17.6 Å². The average Bonchev–Trinajstić information content (AvgIpc) is 2.76. The molecule has 1 fully saturated rings. The molecule has 1 saturated carbocycles. The highest BCUT2D eigenvalue weighted by Gasteiger charge is 2.31. The lowest BCUT2D eigenvalue weighted by Gasteiger charge is -2.37. The highest BCUT2D eigenvalue weighted by molar-refractivity contribution is 5.79. The molecule has 0 saturated heterocycles. The zero-order valence-corrected chi connectivity index (χ0v) is 18.3. The van der Waals surface area contributed by atoms with Crippen molar-refractivity contribution >= 4 is 5.96 Å². The molecule has 164 valence electrons. The summed E-state index contributed by atoms with van der Waals surface area (Å²) >= 11 is 0. The van der Waals surface area contributed by atoms with Crippen molar-refractivity contribution in [2.75, 3.05) is 41.0 Å². The number of nitrogens with zero attached hydrogens (tertiary/aromatic N) is 1. The normalized spacial score (nSPS) is 16.2. The monoisotopic (exact) mass is 407 g/mol. The molecule has 1 aliphatic rings. The quantitative estimate of drug-likeness (QED) is 0.408. The van der Waals surface area contributed by atoms with E-state index in [1.807, 2.05) is 12.1 Å². The van der Waals surface area contributed by atoms with Crippen molar-refractivity contribution in [2.24, 2.45) is 10.4 Å². The molecule has 0 aromatic heterocycles. The second-order valence-corrected chi connectivity index (χ2v) is 7.59. The third-order valence-electron chi connectivity index (χ3n) is 5.74. The summed E-state index contributed by atoms with van der Waals surface area (Å²) in [6.45, 7) is 4.29. The van der Waals surface area contributed by atoms with Gasteiger partial charge in [-0.3, -0.25) is 0 Å². The zero-order valence-electron chi connectivity index (χ0n) is 18.3. The van der Waals surface area contributed by atoms with Crippen LogP contribution in [0.4, 0.5) is 0 Å². The van der Waals surface area contributed by atoms with E-state index in [-0.39, 0.29) is 12.0 Å². The summed E-state index contributed by atoms with van der Waals surface area (Å²) in [5, 5.41) is 16.4. The maximum absolute atomic E-state index is 9.55. The van der Waals surface area contributed by atoms with Gasteiger partial charge in [-0.25, -0.2) is 4.99 Å². The van der Waals surface area contributed by atoms with E-state index in [9.17, 15) is 5.11 Å². The van der Waals surface area contributed by atoms with Gasteiger partial charge in [0, 0.05) is 31.8 Å². The number of hydrogen-bond donors (Lipinski definition) is 3. The average molecular weight is 408 g/mol. The van der Waals surface area contributed by atoms with Crippen molar-refractivity contribution in [2.45, 2.75) is 52.0 Å². The molecule has 0 spiro atoms. The van der Waals surface area contributed by atoms with E-state index in [1.165, 1.54) is 19.3 Å². The number of ether oxygens (including phenoxy) is 3. The fourth-order valence-corrected chi connectivity index (χ4v) is 4.06. The Morgan fingerprint density at radius 3 is 2.21 bits per heavy atom. The summed E-state index contributed by atoms with van der Waals surface area (Å²) in [5.41, 5.74) is 1.02. The molecule has 0 amide bonds. The van der Waals surface area contributed by atoms with E-state index >= 15 is 0 Å². The Balaban J connectivity index is 2.16. The molecule has 0 heterocycles. The van der Waals surface area contributed by atoms with Crippen LogP contribution in [0.1, 0.15) is 51.0 Å². The summed E-state index contributed by atoms with van der Waals surface area (Å²) in [7, 11) is 4.88.